The van der Waals surface area contributed by atoms with E-state index in [0.29, 0.717) is 6.20 Å². The Balaban J connectivity index is 3.52. The number of methoxy groups -OCH3 is 1. The number of hydrogen-bond donors (Lipinski definition) is 1. The van der Waals surface area contributed by atoms with Gasteiger partial charge in [0.2, 0.25) is 17.2 Å². The highest BCUT2D eigenvalue weighted by atomic mass is 19.4. The number of esters is 1. The van der Waals surface area contributed by atoms with Gasteiger partial charge in [-0.1, -0.05) is 0 Å². The molecule has 0 fully saturated rings. The van der Waals surface area contributed by atoms with Crippen LogP contribution < -0.4 is 4.74 Å². The highest BCUT2D eigenvalue weighted by Crippen LogP contribution is 2.36. The summed E-state index contributed by atoms with van der Waals surface area (Å²) in [5, 5.41) is 19.8. The summed E-state index contributed by atoms with van der Waals surface area (Å²) in [6.45, 7) is 0. The number of carbonyl (C=O) groups is 1. The van der Waals surface area contributed by atoms with E-state index in [1.165, 1.54) is 0 Å². The third-order valence-corrected chi connectivity index (χ3v) is 1.78. The van der Waals surface area contributed by atoms with Gasteiger partial charge in [0.25, 0.3) is 0 Å². The first-order valence-corrected chi connectivity index (χ1v) is 4.37. The van der Waals surface area contributed by atoms with E-state index in [-0.39, 0.29) is 0 Å². The normalized spacial score (nSPS) is 10.9. The third-order valence-electron chi connectivity index (χ3n) is 1.78. The first-order valence-electron chi connectivity index (χ1n) is 4.37. The maximum absolute atomic E-state index is 12.1. The monoisotopic (exact) mass is 282 g/mol. The standard InChI is InChI=1S/C8H5F3N2O6/c1-18-7(15)4-5(13(16)17)3(14)2-12-6(4)19-8(9,10)11/h2,14H,1H3. The van der Waals surface area contributed by atoms with Crippen LogP contribution in [0.5, 0.6) is 11.6 Å². The summed E-state index contributed by atoms with van der Waals surface area (Å²) in [5.74, 6) is -3.99. The van der Waals surface area contributed by atoms with Crippen LogP contribution in [0.25, 0.3) is 0 Å². The minimum Gasteiger partial charge on any atom is -0.501 e. The number of rotatable bonds is 3. The molecule has 104 valence electrons. The zero-order chi connectivity index (χ0) is 14.8. The number of carbonyl (C=O) groups excluding carboxylic acids is 1. The largest absolute Gasteiger partial charge is 0.574 e. The molecule has 0 saturated carbocycles. The fourth-order valence-corrected chi connectivity index (χ4v) is 1.13. The summed E-state index contributed by atoms with van der Waals surface area (Å²) in [5.41, 5.74) is -2.52. The predicted molar refractivity (Wildman–Crippen MR) is 50.6 cm³/mol. The average Bonchev–Trinajstić information content (AvgIpc) is 2.27. The molecule has 0 aliphatic heterocycles. The van der Waals surface area contributed by atoms with Crippen LogP contribution in [0.2, 0.25) is 0 Å². The molecule has 0 amide bonds. The Bertz CT molecular complexity index is 530. The molecule has 1 heterocycles. The van der Waals surface area contributed by atoms with E-state index in [9.17, 15) is 33.2 Å². The fourth-order valence-electron chi connectivity index (χ4n) is 1.13. The molecule has 0 atom stereocenters. The number of halogens is 3. The lowest BCUT2D eigenvalue weighted by atomic mass is 10.2. The van der Waals surface area contributed by atoms with Gasteiger partial charge in [0, 0.05) is 0 Å². The topological polar surface area (TPSA) is 112 Å². The summed E-state index contributed by atoms with van der Waals surface area (Å²) >= 11 is 0. The summed E-state index contributed by atoms with van der Waals surface area (Å²) in [6.07, 6.45) is -4.87. The molecule has 0 spiro atoms. The first-order chi connectivity index (χ1) is 8.67. The molecule has 0 aliphatic rings. The van der Waals surface area contributed by atoms with Gasteiger partial charge >= 0.3 is 18.0 Å². The first kappa shape index (κ1) is 14.5. The van der Waals surface area contributed by atoms with Gasteiger partial charge in [0.15, 0.2) is 0 Å². The van der Waals surface area contributed by atoms with Gasteiger partial charge in [-0.3, -0.25) is 10.1 Å². The van der Waals surface area contributed by atoms with Crippen molar-refractivity contribution in [2.75, 3.05) is 7.11 Å². The van der Waals surface area contributed by atoms with Crippen LogP contribution >= 0.6 is 0 Å². The maximum atomic E-state index is 12.1. The van der Waals surface area contributed by atoms with Crippen molar-refractivity contribution in [3.05, 3.63) is 21.9 Å². The number of alkyl halides is 3. The summed E-state index contributed by atoms with van der Waals surface area (Å²) in [7, 11) is 0.785. The lowest BCUT2D eigenvalue weighted by Crippen LogP contribution is -2.21. The predicted octanol–water partition coefficient (Wildman–Crippen LogP) is 1.38. The third kappa shape index (κ3) is 3.20. The van der Waals surface area contributed by atoms with Crippen molar-refractivity contribution in [1.82, 2.24) is 4.98 Å². The second-order valence-electron chi connectivity index (χ2n) is 2.97. The Morgan fingerprint density at radius 2 is 2.11 bits per heavy atom. The Hall–Kier alpha value is -2.59. The van der Waals surface area contributed by atoms with Crippen molar-refractivity contribution >= 4 is 11.7 Å². The Kier molecular flexibility index (Phi) is 3.77. The van der Waals surface area contributed by atoms with Crippen LogP contribution in [0.15, 0.2) is 6.20 Å². The number of pyridine rings is 1. The lowest BCUT2D eigenvalue weighted by molar-refractivity contribution is -0.386. The Morgan fingerprint density at radius 1 is 1.53 bits per heavy atom. The van der Waals surface area contributed by atoms with E-state index in [1.807, 2.05) is 0 Å². The SMILES string of the molecule is COC(=O)c1c(OC(F)(F)F)ncc(O)c1[N+](=O)[O-]. The van der Waals surface area contributed by atoms with Gasteiger partial charge in [0.1, 0.15) is 0 Å². The van der Waals surface area contributed by atoms with E-state index < -0.39 is 40.1 Å². The molecular formula is C8H5F3N2O6. The summed E-state index contributed by atoms with van der Waals surface area (Å²) in [6, 6.07) is 0. The number of ether oxygens (including phenoxy) is 2. The van der Waals surface area contributed by atoms with Crippen LogP contribution in [0.1, 0.15) is 10.4 Å². The van der Waals surface area contributed by atoms with Gasteiger partial charge in [0.05, 0.1) is 18.2 Å². The zero-order valence-electron chi connectivity index (χ0n) is 9.09. The van der Waals surface area contributed by atoms with Crippen molar-refractivity contribution in [2.45, 2.75) is 6.36 Å². The summed E-state index contributed by atoms with van der Waals surface area (Å²) in [4.78, 5) is 23.6. The van der Waals surface area contributed by atoms with E-state index in [0.717, 1.165) is 7.11 Å². The molecule has 1 aromatic rings. The van der Waals surface area contributed by atoms with Gasteiger partial charge in [-0.2, -0.15) is 0 Å². The van der Waals surface area contributed by atoms with E-state index in [4.69, 9.17) is 0 Å². The summed E-state index contributed by atoms with van der Waals surface area (Å²) < 4.78 is 43.7. The lowest BCUT2D eigenvalue weighted by Gasteiger charge is -2.11. The number of nitro groups is 1. The van der Waals surface area contributed by atoms with Gasteiger partial charge in [-0.05, 0) is 0 Å². The molecular weight excluding hydrogens is 277 g/mol. The molecule has 0 aliphatic carbocycles. The van der Waals surface area contributed by atoms with Crippen molar-refractivity contribution in [2.24, 2.45) is 0 Å². The number of hydrogen-bond acceptors (Lipinski definition) is 7. The molecule has 1 N–H and O–H groups in total. The average molecular weight is 282 g/mol. The van der Waals surface area contributed by atoms with Crippen molar-refractivity contribution < 1.29 is 37.5 Å². The molecule has 0 saturated heterocycles. The molecule has 0 bridgehead atoms. The van der Waals surface area contributed by atoms with E-state index >= 15 is 0 Å². The molecule has 11 heteroatoms. The molecule has 1 aromatic heterocycles. The van der Waals surface area contributed by atoms with Crippen LogP contribution in [0.3, 0.4) is 0 Å². The number of aromatic hydroxyl groups is 1. The quantitative estimate of drug-likeness (QED) is 0.506. The molecule has 19 heavy (non-hydrogen) atoms. The second-order valence-corrected chi connectivity index (χ2v) is 2.97. The fraction of sp³-hybridized carbons (Fsp3) is 0.250. The Morgan fingerprint density at radius 3 is 2.53 bits per heavy atom. The highest BCUT2D eigenvalue weighted by Gasteiger charge is 2.38. The van der Waals surface area contributed by atoms with Crippen molar-refractivity contribution in [3.8, 4) is 11.6 Å². The van der Waals surface area contributed by atoms with Crippen molar-refractivity contribution in [3.63, 3.8) is 0 Å². The molecule has 0 unspecified atom stereocenters. The second kappa shape index (κ2) is 4.96. The van der Waals surface area contributed by atoms with Crippen LogP contribution in [0.4, 0.5) is 18.9 Å². The zero-order valence-corrected chi connectivity index (χ0v) is 9.09. The van der Waals surface area contributed by atoms with Gasteiger partial charge in [-0.25, -0.2) is 9.78 Å². The van der Waals surface area contributed by atoms with Gasteiger partial charge in [-0.15, -0.1) is 13.2 Å². The van der Waals surface area contributed by atoms with Gasteiger partial charge < -0.3 is 14.6 Å². The smallest absolute Gasteiger partial charge is 0.501 e. The number of nitrogens with zero attached hydrogens (tertiary/aromatic N) is 2. The number of aromatic nitrogens is 1. The highest BCUT2D eigenvalue weighted by molar-refractivity contribution is 5.97. The van der Waals surface area contributed by atoms with Crippen LogP contribution in [-0.4, -0.2) is 34.5 Å². The van der Waals surface area contributed by atoms with Crippen LogP contribution in [0, 0.1) is 10.1 Å². The molecule has 1 rings (SSSR count). The maximum Gasteiger partial charge on any atom is 0.574 e. The molecule has 0 aromatic carbocycles. The minimum absolute atomic E-state index is 0.353. The van der Waals surface area contributed by atoms with E-state index in [1.54, 1.807) is 0 Å². The van der Waals surface area contributed by atoms with E-state index in [2.05, 4.69) is 14.5 Å². The molecule has 8 nitrogen and oxygen atoms in total. The van der Waals surface area contributed by atoms with Crippen molar-refractivity contribution in [1.29, 1.82) is 0 Å². The Labute approximate surface area is 102 Å². The minimum atomic E-state index is -5.22. The van der Waals surface area contributed by atoms with Crippen LogP contribution in [-0.2, 0) is 4.74 Å². The molecule has 0 radical (unpaired) electrons.